The van der Waals surface area contributed by atoms with Gasteiger partial charge in [-0.2, -0.15) is 0 Å². The van der Waals surface area contributed by atoms with E-state index in [9.17, 15) is 0 Å². The van der Waals surface area contributed by atoms with Crippen LogP contribution in [0.2, 0.25) is 0 Å². The number of morpholine rings is 1. The normalized spacial score (nSPS) is 14.9. The fourth-order valence-corrected chi connectivity index (χ4v) is 1.58. The standard InChI is InChI=1S/C10H15N3O.2ClH/c11-6-9-5-10(8-12-7-9)13-1-3-14-4-2-13;;/h5,7-8H,1-4,6,11H2;2*1H. The van der Waals surface area contributed by atoms with Crippen molar-refractivity contribution in [1.82, 2.24) is 4.98 Å². The van der Waals surface area contributed by atoms with Gasteiger partial charge < -0.3 is 15.4 Å². The third-order valence-corrected chi connectivity index (χ3v) is 2.39. The van der Waals surface area contributed by atoms with Gasteiger partial charge in [-0.15, -0.1) is 24.8 Å². The molecule has 0 atom stereocenters. The van der Waals surface area contributed by atoms with E-state index < -0.39 is 0 Å². The summed E-state index contributed by atoms with van der Waals surface area (Å²) in [5, 5.41) is 0. The Morgan fingerprint density at radius 3 is 2.56 bits per heavy atom. The molecule has 1 aromatic rings. The lowest BCUT2D eigenvalue weighted by atomic mass is 10.2. The van der Waals surface area contributed by atoms with Crippen LogP contribution in [0, 0.1) is 0 Å². The van der Waals surface area contributed by atoms with Gasteiger partial charge in [0.1, 0.15) is 0 Å². The Bertz CT molecular complexity index is 306. The highest BCUT2D eigenvalue weighted by Crippen LogP contribution is 2.15. The van der Waals surface area contributed by atoms with Gasteiger partial charge in [0.15, 0.2) is 0 Å². The molecule has 0 aromatic carbocycles. The first-order valence-corrected chi connectivity index (χ1v) is 4.87. The number of hydrogen-bond acceptors (Lipinski definition) is 4. The number of aromatic nitrogens is 1. The molecule has 0 spiro atoms. The highest BCUT2D eigenvalue weighted by molar-refractivity contribution is 5.85. The first kappa shape index (κ1) is 15.4. The maximum atomic E-state index is 5.57. The van der Waals surface area contributed by atoms with Crippen molar-refractivity contribution in [2.45, 2.75) is 6.54 Å². The molecule has 4 nitrogen and oxygen atoms in total. The third kappa shape index (κ3) is 3.79. The van der Waals surface area contributed by atoms with E-state index in [4.69, 9.17) is 10.5 Å². The Morgan fingerprint density at radius 1 is 1.25 bits per heavy atom. The highest BCUT2D eigenvalue weighted by Gasteiger charge is 2.11. The zero-order valence-electron chi connectivity index (χ0n) is 8.96. The van der Waals surface area contributed by atoms with Crippen LogP contribution in [0.5, 0.6) is 0 Å². The molecular weight excluding hydrogens is 249 g/mol. The molecule has 0 unspecified atom stereocenters. The zero-order valence-corrected chi connectivity index (χ0v) is 10.6. The quantitative estimate of drug-likeness (QED) is 0.874. The molecule has 6 heteroatoms. The molecule has 1 aliphatic rings. The molecule has 1 aliphatic heterocycles. The van der Waals surface area contributed by atoms with E-state index in [2.05, 4.69) is 16.0 Å². The molecule has 2 heterocycles. The van der Waals surface area contributed by atoms with Crippen LogP contribution >= 0.6 is 24.8 Å². The first-order chi connectivity index (χ1) is 6.90. The average Bonchev–Trinajstić information content (AvgIpc) is 2.30. The number of nitrogens with two attached hydrogens (primary N) is 1. The van der Waals surface area contributed by atoms with Crippen LogP contribution in [0.25, 0.3) is 0 Å². The minimum absolute atomic E-state index is 0. The van der Waals surface area contributed by atoms with Crippen LogP contribution in [-0.2, 0) is 11.3 Å². The monoisotopic (exact) mass is 265 g/mol. The molecule has 0 bridgehead atoms. The number of anilines is 1. The number of hydrogen-bond donors (Lipinski definition) is 1. The van der Waals surface area contributed by atoms with Gasteiger partial charge in [0.2, 0.25) is 0 Å². The van der Waals surface area contributed by atoms with Crippen LogP contribution in [0.15, 0.2) is 18.5 Å². The predicted molar refractivity (Wildman–Crippen MR) is 69.7 cm³/mol. The molecule has 0 aliphatic carbocycles. The summed E-state index contributed by atoms with van der Waals surface area (Å²) in [5.74, 6) is 0. The Balaban J connectivity index is 0.00000112. The molecule has 16 heavy (non-hydrogen) atoms. The lowest BCUT2D eigenvalue weighted by Gasteiger charge is -2.28. The molecule has 0 amide bonds. The maximum Gasteiger partial charge on any atom is 0.0642 e. The van der Waals surface area contributed by atoms with E-state index in [1.165, 1.54) is 0 Å². The summed E-state index contributed by atoms with van der Waals surface area (Å²) in [6.07, 6.45) is 3.69. The van der Waals surface area contributed by atoms with Crippen molar-refractivity contribution < 1.29 is 4.74 Å². The van der Waals surface area contributed by atoms with Gasteiger partial charge in [0.25, 0.3) is 0 Å². The maximum absolute atomic E-state index is 5.57. The van der Waals surface area contributed by atoms with Crippen molar-refractivity contribution in [2.75, 3.05) is 31.2 Å². The summed E-state index contributed by atoms with van der Waals surface area (Å²) < 4.78 is 5.29. The van der Waals surface area contributed by atoms with E-state index in [-0.39, 0.29) is 24.8 Å². The van der Waals surface area contributed by atoms with Gasteiger partial charge in [-0.1, -0.05) is 0 Å². The number of rotatable bonds is 2. The molecular formula is C10H17Cl2N3O. The van der Waals surface area contributed by atoms with Gasteiger partial charge >= 0.3 is 0 Å². The number of ether oxygens (including phenoxy) is 1. The zero-order chi connectivity index (χ0) is 9.80. The fourth-order valence-electron chi connectivity index (χ4n) is 1.58. The van der Waals surface area contributed by atoms with Gasteiger partial charge in [-0.25, -0.2) is 0 Å². The van der Waals surface area contributed by atoms with E-state index >= 15 is 0 Å². The largest absolute Gasteiger partial charge is 0.378 e. The van der Waals surface area contributed by atoms with Crippen molar-refractivity contribution in [2.24, 2.45) is 5.73 Å². The molecule has 2 N–H and O–H groups in total. The molecule has 2 rings (SSSR count). The van der Waals surface area contributed by atoms with Crippen molar-refractivity contribution in [3.8, 4) is 0 Å². The van der Waals surface area contributed by atoms with Gasteiger partial charge in [0.05, 0.1) is 25.1 Å². The van der Waals surface area contributed by atoms with Crippen LogP contribution in [0.1, 0.15) is 5.56 Å². The SMILES string of the molecule is Cl.Cl.NCc1cncc(N2CCOCC2)c1. The Hall–Kier alpha value is -0.550. The number of nitrogens with zero attached hydrogens (tertiary/aromatic N) is 2. The minimum atomic E-state index is 0. The van der Waals surface area contributed by atoms with E-state index in [1.54, 1.807) is 0 Å². The molecule has 92 valence electrons. The second-order valence-corrected chi connectivity index (χ2v) is 3.35. The molecule has 1 saturated heterocycles. The van der Waals surface area contributed by atoms with E-state index in [0.717, 1.165) is 37.6 Å². The van der Waals surface area contributed by atoms with Crippen LogP contribution in [0.3, 0.4) is 0 Å². The molecule has 0 saturated carbocycles. The summed E-state index contributed by atoms with van der Waals surface area (Å²) in [7, 11) is 0. The van der Waals surface area contributed by atoms with Crippen LogP contribution in [-0.4, -0.2) is 31.3 Å². The first-order valence-electron chi connectivity index (χ1n) is 4.87. The molecule has 1 fully saturated rings. The smallest absolute Gasteiger partial charge is 0.0642 e. The Morgan fingerprint density at radius 2 is 1.94 bits per heavy atom. The Labute approximate surface area is 108 Å². The highest BCUT2D eigenvalue weighted by atomic mass is 35.5. The van der Waals surface area contributed by atoms with Crippen molar-refractivity contribution in [3.05, 3.63) is 24.0 Å². The summed E-state index contributed by atoms with van der Waals surface area (Å²) in [6, 6.07) is 2.10. The second-order valence-electron chi connectivity index (χ2n) is 3.35. The minimum Gasteiger partial charge on any atom is -0.378 e. The lowest BCUT2D eigenvalue weighted by molar-refractivity contribution is 0.122. The molecule has 1 aromatic heterocycles. The summed E-state index contributed by atoms with van der Waals surface area (Å²) in [4.78, 5) is 6.44. The number of halogens is 2. The Kier molecular flexibility index (Phi) is 7.42. The topological polar surface area (TPSA) is 51.4 Å². The van der Waals surface area contributed by atoms with Crippen LogP contribution < -0.4 is 10.6 Å². The van der Waals surface area contributed by atoms with Gasteiger partial charge in [-0.05, 0) is 11.6 Å². The number of pyridine rings is 1. The fraction of sp³-hybridized carbons (Fsp3) is 0.500. The predicted octanol–water partition coefficient (Wildman–Crippen LogP) is 1.22. The van der Waals surface area contributed by atoms with Gasteiger partial charge in [-0.3, -0.25) is 4.98 Å². The average molecular weight is 266 g/mol. The summed E-state index contributed by atoms with van der Waals surface area (Å²) in [5.41, 5.74) is 7.79. The van der Waals surface area contributed by atoms with E-state index in [1.807, 2.05) is 12.4 Å². The van der Waals surface area contributed by atoms with Crippen molar-refractivity contribution in [3.63, 3.8) is 0 Å². The van der Waals surface area contributed by atoms with Crippen LogP contribution in [0.4, 0.5) is 5.69 Å². The van der Waals surface area contributed by atoms with Crippen molar-refractivity contribution in [1.29, 1.82) is 0 Å². The van der Waals surface area contributed by atoms with Gasteiger partial charge in [0, 0.05) is 25.8 Å². The van der Waals surface area contributed by atoms with Crippen molar-refractivity contribution >= 4 is 30.5 Å². The second kappa shape index (κ2) is 7.68. The summed E-state index contributed by atoms with van der Waals surface area (Å²) in [6.45, 7) is 4.02. The summed E-state index contributed by atoms with van der Waals surface area (Å²) >= 11 is 0. The molecule has 0 radical (unpaired) electrons. The van der Waals surface area contributed by atoms with E-state index in [0.29, 0.717) is 6.54 Å². The lowest BCUT2D eigenvalue weighted by Crippen LogP contribution is -2.36. The third-order valence-electron chi connectivity index (χ3n) is 2.39.